The van der Waals surface area contributed by atoms with Gasteiger partial charge in [-0.1, -0.05) is 56.7 Å². The summed E-state index contributed by atoms with van der Waals surface area (Å²) in [7, 11) is 1.93. The molecule has 1 aromatic carbocycles. The maximum absolute atomic E-state index is 6.28. The van der Waals surface area contributed by atoms with Gasteiger partial charge < -0.3 is 10.1 Å². The second-order valence-electron chi connectivity index (χ2n) is 5.31. The zero-order valence-electron chi connectivity index (χ0n) is 13.0. The molecule has 1 aromatic rings. The van der Waals surface area contributed by atoms with E-state index in [1.807, 2.05) is 25.2 Å². The molecule has 0 bridgehead atoms. The fourth-order valence-corrected chi connectivity index (χ4v) is 2.51. The zero-order valence-corrected chi connectivity index (χ0v) is 13.8. The minimum atomic E-state index is 0.259. The van der Waals surface area contributed by atoms with Gasteiger partial charge in [0, 0.05) is 11.1 Å². The van der Waals surface area contributed by atoms with E-state index in [-0.39, 0.29) is 6.04 Å². The molecule has 0 aliphatic rings. The molecule has 0 radical (unpaired) electrons. The Bertz CT molecular complexity index is 381. The van der Waals surface area contributed by atoms with Gasteiger partial charge in [0.2, 0.25) is 0 Å². The summed E-state index contributed by atoms with van der Waals surface area (Å²) in [4.78, 5) is 0. The lowest BCUT2D eigenvalue weighted by atomic mass is 10.1. The van der Waals surface area contributed by atoms with Crippen molar-refractivity contribution in [3.8, 4) is 5.75 Å². The highest BCUT2D eigenvalue weighted by Crippen LogP contribution is 2.27. The third-order valence-corrected chi connectivity index (χ3v) is 3.97. The predicted octanol–water partition coefficient (Wildman–Crippen LogP) is 5.36. The topological polar surface area (TPSA) is 21.3 Å². The molecule has 0 aliphatic carbocycles. The van der Waals surface area contributed by atoms with E-state index in [0.717, 1.165) is 29.4 Å². The fraction of sp³-hybridized carbons (Fsp3) is 0.647. The number of nitrogens with one attached hydrogen (secondary N) is 1. The molecule has 0 aliphatic heterocycles. The van der Waals surface area contributed by atoms with E-state index in [1.165, 1.54) is 32.1 Å². The van der Waals surface area contributed by atoms with Crippen molar-refractivity contribution in [1.29, 1.82) is 0 Å². The number of ether oxygens (including phenoxy) is 1. The van der Waals surface area contributed by atoms with Crippen LogP contribution >= 0.6 is 11.6 Å². The van der Waals surface area contributed by atoms with Crippen molar-refractivity contribution in [1.82, 2.24) is 5.32 Å². The smallest absolute Gasteiger partial charge is 0.120 e. The van der Waals surface area contributed by atoms with Crippen LogP contribution in [0.5, 0.6) is 5.75 Å². The third kappa shape index (κ3) is 6.15. The molecule has 0 saturated carbocycles. The van der Waals surface area contributed by atoms with Crippen molar-refractivity contribution in [3.05, 3.63) is 28.8 Å². The number of hydrogen-bond acceptors (Lipinski definition) is 2. The first kappa shape index (κ1) is 17.3. The zero-order chi connectivity index (χ0) is 14.8. The third-order valence-electron chi connectivity index (χ3n) is 3.64. The van der Waals surface area contributed by atoms with Gasteiger partial charge in [0.25, 0.3) is 0 Å². The first-order valence-corrected chi connectivity index (χ1v) is 8.16. The highest BCUT2D eigenvalue weighted by molar-refractivity contribution is 6.31. The minimum absolute atomic E-state index is 0.259. The summed E-state index contributed by atoms with van der Waals surface area (Å²) in [5.74, 6) is 0.871. The molecule has 0 fully saturated rings. The molecule has 0 spiro atoms. The van der Waals surface area contributed by atoms with E-state index < -0.39 is 0 Å². The highest BCUT2D eigenvalue weighted by atomic mass is 35.5. The number of unbranched alkanes of at least 4 members (excludes halogenated alkanes) is 5. The van der Waals surface area contributed by atoms with Gasteiger partial charge in [-0.25, -0.2) is 0 Å². The molecule has 114 valence electrons. The maximum Gasteiger partial charge on any atom is 0.120 e. The van der Waals surface area contributed by atoms with Crippen LogP contribution < -0.4 is 10.1 Å². The van der Waals surface area contributed by atoms with E-state index in [9.17, 15) is 0 Å². The van der Waals surface area contributed by atoms with E-state index in [1.54, 1.807) is 0 Å². The van der Waals surface area contributed by atoms with Crippen LogP contribution in [0.2, 0.25) is 5.02 Å². The summed E-state index contributed by atoms with van der Waals surface area (Å²) < 4.78 is 5.76. The van der Waals surface area contributed by atoms with Gasteiger partial charge in [-0.15, -0.1) is 0 Å². The molecule has 0 saturated heterocycles. The Morgan fingerprint density at radius 2 is 1.85 bits per heavy atom. The second-order valence-corrected chi connectivity index (χ2v) is 5.72. The van der Waals surface area contributed by atoms with Gasteiger partial charge in [-0.2, -0.15) is 0 Å². The largest absolute Gasteiger partial charge is 0.494 e. The van der Waals surface area contributed by atoms with E-state index in [2.05, 4.69) is 19.2 Å². The van der Waals surface area contributed by atoms with Gasteiger partial charge in [0.1, 0.15) is 5.75 Å². The van der Waals surface area contributed by atoms with Crippen molar-refractivity contribution in [3.63, 3.8) is 0 Å². The van der Waals surface area contributed by atoms with Crippen LogP contribution in [-0.2, 0) is 0 Å². The summed E-state index contributed by atoms with van der Waals surface area (Å²) in [5.41, 5.74) is 1.11. The van der Waals surface area contributed by atoms with Crippen molar-refractivity contribution in [2.75, 3.05) is 13.7 Å². The second kappa shape index (κ2) is 10.1. The van der Waals surface area contributed by atoms with Crippen LogP contribution in [0.3, 0.4) is 0 Å². The Kier molecular flexibility index (Phi) is 8.72. The predicted molar refractivity (Wildman–Crippen MR) is 87.8 cm³/mol. The first-order valence-electron chi connectivity index (χ1n) is 7.78. The van der Waals surface area contributed by atoms with Crippen LogP contribution in [0.4, 0.5) is 0 Å². The number of rotatable bonds is 10. The Morgan fingerprint density at radius 3 is 2.50 bits per heavy atom. The first-order chi connectivity index (χ1) is 9.69. The van der Waals surface area contributed by atoms with Crippen LogP contribution in [0.15, 0.2) is 18.2 Å². The molecule has 20 heavy (non-hydrogen) atoms. The van der Waals surface area contributed by atoms with Gasteiger partial charge in [0.05, 0.1) is 6.61 Å². The summed E-state index contributed by atoms with van der Waals surface area (Å²) in [6.45, 7) is 5.12. The van der Waals surface area contributed by atoms with E-state index in [0.29, 0.717) is 0 Å². The monoisotopic (exact) mass is 297 g/mol. The quantitative estimate of drug-likeness (QED) is 0.587. The Hall–Kier alpha value is -0.730. The SMILES string of the molecule is CCCCCCCCOc1ccc(C(C)NC)c(Cl)c1. The van der Waals surface area contributed by atoms with Crippen molar-refractivity contribution in [2.24, 2.45) is 0 Å². The van der Waals surface area contributed by atoms with Crippen molar-refractivity contribution in [2.45, 2.75) is 58.4 Å². The fourth-order valence-electron chi connectivity index (χ4n) is 2.18. The highest BCUT2D eigenvalue weighted by Gasteiger charge is 2.08. The van der Waals surface area contributed by atoms with E-state index in [4.69, 9.17) is 16.3 Å². The van der Waals surface area contributed by atoms with Crippen molar-refractivity contribution >= 4 is 11.6 Å². The molecule has 0 amide bonds. The lowest BCUT2D eigenvalue weighted by molar-refractivity contribution is 0.304. The Morgan fingerprint density at radius 1 is 1.15 bits per heavy atom. The average Bonchev–Trinajstić information content (AvgIpc) is 2.45. The summed E-state index contributed by atoms with van der Waals surface area (Å²) >= 11 is 6.28. The normalized spacial score (nSPS) is 12.4. The molecular formula is C17H28ClNO. The molecule has 1 unspecified atom stereocenters. The maximum atomic E-state index is 6.28. The molecule has 1 N–H and O–H groups in total. The molecule has 0 heterocycles. The van der Waals surface area contributed by atoms with Gasteiger partial charge >= 0.3 is 0 Å². The Balaban J connectivity index is 2.29. The van der Waals surface area contributed by atoms with Crippen molar-refractivity contribution < 1.29 is 4.74 Å². The van der Waals surface area contributed by atoms with Gasteiger partial charge in [-0.05, 0) is 38.1 Å². The van der Waals surface area contributed by atoms with E-state index >= 15 is 0 Å². The molecule has 2 nitrogen and oxygen atoms in total. The number of hydrogen-bond donors (Lipinski definition) is 1. The molecule has 3 heteroatoms. The molecule has 1 atom stereocenters. The van der Waals surface area contributed by atoms with Gasteiger partial charge in [-0.3, -0.25) is 0 Å². The number of halogens is 1. The molecule has 1 rings (SSSR count). The van der Waals surface area contributed by atoms with Gasteiger partial charge in [0.15, 0.2) is 0 Å². The summed E-state index contributed by atoms with van der Waals surface area (Å²) in [6, 6.07) is 6.23. The standard InChI is InChI=1S/C17H28ClNO/c1-4-5-6-7-8-9-12-20-15-10-11-16(14(2)19-3)17(18)13-15/h10-11,13-14,19H,4-9,12H2,1-3H3. The van der Waals surface area contributed by atoms with Crippen LogP contribution in [0.1, 0.15) is 64.0 Å². The summed E-state index contributed by atoms with van der Waals surface area (Å²) in [6.07, 6.45) is 7.68. The Labute approximate surface area is 128 Å². The molecular weight excluding hydrogens is 270 g/mol. The summed E-state index contributed by atoms with van der Waals surface area (Å²) in [5, 5.41) is 3.96. The lowest BCUT2D eigenvalue weighted by Crippen LogP contribution is -2.12. The lowest BCUT2D eigenvalue weighted by Gasteiger charge is -2.14. The molecule has 0 aromatic heterocycles. The van der Waals surface area contributed by atoms with Crippen LogP contribution in [0, 0.1) is 0 Å². The minimum Gasteiger partial charge on any atom is -0.494 e. The van der Waals surface area contributed by atoms with Crippen LogP contribution in [-0.4, -0.2) is 13.7 Å². The van der Waals surface area contributed by atoms with Crippen LogP contribution in [0.25, 0.3) is 0 Å². The average molecular weight is 298 g/mol. The number of benzene rings is 1.